The topological polar surface area (TPSA) is 223 Å². The number of ether oxygens (including phenoxy) is 1. The molecule has 16 heteroatoms. The van der Waals surface area contributed by atoms with E-state index in [1.54, 1.807) is 0 Å². The average Bonchev–Trinajstić information content (AvgIpc) is 3.25. The highest BCUT2D eigenvalue weighted by Gasteiger charge is 2.14. The Morgan fingerprint density at radius 3 is 1.21 bits per heavy atom. The molecule has 5 aromatic rings. The van der Waals surface area contributed by atoms with E-state index in [1.165, 1.54) is 7.11 Å². The molecule has 306 valence electrons. The van der Waals surface area contributed by atoms with Crippen LogP contribution in [0.15, 0.2) is 130 Å². The highest BCUT2D eigenvalue weighted by atomic mass is 16.6. The van der Waals surface area contributed by atoms with E-state index in [0.29, 0.717) is 55.2 Å². The van der Waals surface area contributed by atoms with Crippen molar-refractivity contribution in [3.8, 4) is 0 Å². The van der Waals surface area contributed by atoms with Crippen LogP contribution in [0.25, 0.3) is 0 Å². The van der Waals surface area contributed by atoms with Crippen molar-refractivity contribution in [2.75, 3.05) is 55.7 Å². The van der Waals surface area contributed by atoms with Crippen LogP contribution in [0.1, 0.15) is 47.5 Å². The molecule has 0 aliphatic heterocycles. The van der Waals surface area contributed by atoms with Crippen LogP contribution < -0.4 is 15.5 Å². The van der Waals surface area contributed by atoms with E-state index in [-0.39, 0.29) is 20.0 Å². The van der Waals surface area contributed by atoms with Crippen molar-refractivity contribution in [2.24, 2.45) is 20.5 Å². The number of aliphatic hydroxyl groups excluding tert-OH is 3. The summed E-state index contributed by atoms with van der Waals surface area (Å²) in [5.41, 5.74) is 4.46. The molecule has 0 atom stereocenters. The molecule has 1 heterocycles. The second kappa shape index (κ2) is 31.1. The lowest BCUT2D eigenvalue weighted by atomic mass is 10.3. The molecule has 5 rings (SSSR count). The zero-order valence-electron chi connectivity index (χ0n) is 33.5. The Morgan fingerprint density at radius 1 is 0.596 bits per heavy atom. The molecule has 57 heavy (non-hydrogen) atoms. The van der Waals surface area contributed by atoms with Gasteiger partial charge in [0, 0.05) is 51.7 Å². The van der Waals surface area contributed by atoms with E-state index in [0.717, 1.165) is 29.7 Å². The van der Waals surface area contributed by atoms with Crippen LogP contribution in [0.2, 0.25) is 0 Å². The van der Waals surface area contributed by atoms with Gasteiger partial charge in [0.2, 0.25) is 17.8 Å². The minimum absolute atomic E-state index is 0.0266. The summed E-state index contributed by atoms with van der Waals surface area (Å²) in [5, 5.41) is 57.6. The van der Waals surface area contributed by atoms with Crippen molar-refractivity contribution in [2.45, 2.75) is 47.5 Å². The fourth-order valence-corrected chi connectivity index (χ4v) is 4.15. The van der Waals surface area contributed by atoms with Gasteiger partial charge in [-0.15, -0.1) is 0 Å². The van der Waals surface area contributed by atoms with Crippen molar-refractivity contribution in [1.82, 2.24) is 15.0 Å². The number of nitrogens with one attached hydrogen (secondary N) is 2. The van der Waals surface area contributed by atoms with Crippen LogP contribution >= 0.6 is 0 Å². The van der Waals surface area contributed by atoms with Crippen LogP contribution in [-0.2, 0) is 9.53 Å². The third-order valence-electron chi connectivity index (χ3n) is 6.53. The van der Waals surface area contributed by atoms with Crippen molar-refractivity contribution >= 4 is 57.9 Å². The Morgan fingerprint density at radius 2 is 0.912 bits per heavy atom. The zero-order chi connectivity index (χ0) is 42.1. The van der Waals surface area contributed by atoms with E-state index in [1.807, 2.05) is 142 Å². The van der Waals surface area contributed by atoms with E-state index < -0.39 is 5.97 Å². The number of aliphatic hydroxyl groups is 3. The maximum atomic E-state index is 9.45. The summed E-state index contributed by atoms with van der Waals surface area (Å²) < 4.78 is 4.10. The van der Waals surface area contributed by atoms with Crippen LogP contribution in [0.5, 0.6) is 0 Å². The number of carboxylic acids is 1. The number of methoxy groups -OCH3 is 1. The van der Waals surface area contributed by atoms with Gasteiger partial charge in [0.1, 0.15) is 6.79 Å². The first kappa shape index (κ1) is 48.8. The number of anilines is 5. The van der Waals surface area contributed by atoms with Crippen LogP contribution in [0, 0.1) is 0 Å². The zero-order valence-corrected chi connectivity index (χ0v) is 33.5. The Labute approximate surface area is 335 Å². The maximum Gasteiger partial charge on any atom is 0.300 e. The average molecular weight is 785 g/mol. The molecule has 0 fully saturated rings. The van der Waals surface area contributed by atoms with Gasteiger partial charge in [-0.25, -0.2) is 0 Å². The summed E-state index contributed by atoms with van der Waals surface area (Å²) in [6, 6.07) is 33.9. The molecule has 0 saturated heterocycles. The Kier molecular flexibility index (Phi) is 26.6. The van der Waals surface area contributed by atoms with Crippen molar-refractivity contribution in [1.29, 1.82) is 0 Å². The summed E-state index contributed by atoms with van der Waals surface area (Å²) in [5.74, 6) is 0.235. The summed E-state index contributed by atoms with van der Waals surface area (Å²) >= 11 is 0. The monoisotopic (exact) mass is 784 g/mol. The molecule has 0 spiro atoms. The lowest BCUT2D eigenvalue weighted by Crippen LogP contribution is -2.29. The molecule has 0 aliphatic rings. The number of aromatic nitrogens is 3. The predicted octanol–water partition coefficient (Wildman–Crippen LogP) is 9.49. The van der Waals surface area contributed by atoms with Gasteiger partial charge >= 0.3 is 0 Å². The molecule has 6 N–H and O–H groups in total. The van der Waals surface area contributed by atoms with E-state index >= 15 is 0 Å². The SMILES string of the molecule is CC.CC.CC(=O)O.COCO.OCCCN(CCCO)c1nc(Nc2ccc(N=Nc3ccccc3)cc2)nc(Nc2ccc(N=Nc3ccccc3)cc2)n1. The fourth-order valence-electron chi connectivity index (χ4n) is 4.15. The molecule has 0 aliphatic carbocycles. The second-order valence-electron chi connectivity index (χ2n) is 10.8. The summed E-state index contributed by atoms with van der Waals surface area (Å²) in [6.45, 7) is 9.99. The quantitative estimate of drug-likeness (QED) is 0.0407. The number of benzene rings is 4. The maximum absolute atomic E-state index is 9.45. The molecule has 0 radical (unpaired) electrons. The van der Waals surface area contributed by atoms with E-state index in [2.05, 4.69) is 50.8 Å². The minimum Gasteiger partial charge on any atom is -0.481 e. The molecule has 4 aromatic carbocycles. The normalized spacial score (nSPS) is 10.1. The summed E-state index contributed by atoms with van der Waals surface area (Å²) in [4.78, 5) is 24.9. The number of carbonyl (C=O) groups is 1. The number of aliphatic carboxylic acids is 1. The van der Waals surface area contributed by atoms with Gasteiger partial charge < -0.3 is 40.7 Å². The molecule has 0 bridgehead atoms. The minimum atomic E-state index is -0.833. The van der Waals surface area contributed by atoms with Gasteiger partial charge in [0.05, 0.1) is 22.7 Å². The molecule has 0 amide bonds. The molecule has 1 aromatic heterocycles. The van der Waals surface area contributed by atoms with E-state index in [9.17, 15) is 10.2 Å². The van der Waals surface area contributed by atoms with E-state index in [4.69, 9.17) is 15.0 Å². The number of hydrogen-bond acceptors (Lipinski definition) is 15. The number of rotatable bonds is 16. The summed E-state index contributed by atoms with van der Waals surface area (Å²) in [7, 11) is 1.43. The molecular formula is C41H56N10O6. The van der Waals surface area contributed by atoms with Gasteiger partial charge in [-0.1, -0.05) is 64.1 Å². The van der Waals surface area contributed by atoms with Crippen LogP contribution in [0.4, 0.5) is 52.0 Å². The van der Waals surface area contributed by atoms with Crippen molar-refractivity contribution in [3.05, 3.63) is 109 Å². The number of carboxylic acid groups (broad SMARTS) is 1. The third-order valence-corrected chi connectivity index (χ3v) is 6.53. The van der Waals surface area contributed by atoms with Crippen molar-refractivity contribution in [3.63, 3.8) is 0 Å². The highest BCUT2D eigenvalue weighted by Crippen LogP contribution is 2.25. The van der Waals surface area contributed by atoms with Gasteiger partial charge in [-0.05, 0) is 85.6 Å². The number of azo groups is 2. The van der Waals surface area contributed by atoms with Crippen molar-refractivity contribution < 1.29 is 30.0 Å². The second-order valence-corrected chi connectivity index (χ2v) is 10.8. The Balaban J connectivity index is 0.00000121. The largest absolute Gasteiger partial charge is 0.481 e. The van der Waals surface area contributed by atoms with Gasteiger partial charge in [-0.3, -0.25) is 4.79 Å². The Bertz CT molecular complexity index is 1690. The Hall–Kier alpha value is -6.20. The van der Waals surface area contributed by atoms with Gasteiger partial charge in [0.15, 0.2) is 0 Å². The molecular weight excluding hydrogens is 729 g/mol. The number of hydrogen-bond donors (Lipinski definition) is 6. The first-order valence-electron chi connectivity index (χ1n) is 18.5. The third kappa shape index (κ3) is 21.5. The lowest BCUT2D eigenvalue weighted by molar-refractivity contribution is -0.134. The molecule has 0 unspecified atom stereocenters. The van der Waals surface area contributed by atoms with Crippen LogP contribution in [0.3, 0.4) is 0 Å². The van der Waals surface area contributed by atoms with Crippen LogP contribution in [-0.4, -0.2) is 81.6 Å². The smallest absolute Gasteiger partial charge is 0.300 e. The molecule has 0 saturated carbocycles. The lowest BCUT2D eigenvalue weighted by Gasteiger charge is -2.23. The number of nitrogens with zero attached hydrogens (tertiary/aromatic N) is 8. The molecule has 16 nitrogen and oxygen atoms in total. The first-order chi connectivity index (χ1) is 27.8. The van der Waals surface area contributed by atoms with Gasteiger partial charge in [0.25, 0.3) is 5.97 Å². The van der Waals surface area contributed by atoms with Gasteiger partial charge in [-0.2, -0.15) is 35.4 Å². The first-order valence-corrected chi connectivity index (χ1v) is 18.5. The standard InChI is InChI=1S/C33H34N10O2.C2H6O2.C2H4O2.2C2H6/c44-23-7-21-43(22-8-24-45)33-37-31(34-25-13-17-29(18-14-25)41-39-27-9-3-1-4-10-27)36-32(38-33)35-26-15-19-30(20-16-26)42-40-28-11-5-2-6-12-28;1-4-2-3;1-2(3)4;2*1-2/h1-6,9-20,44-45H,7-8,21-24H2,(H2,34,35,36,37,38);3H,2H2,1H3;1H3,(H,3,4);2*1-2H3. The highest BCUT2D eigenvalue weighted by molar-refractivity contribution is 5.63. The predicted molar refractivity (Wildman–Crippen MR) is 226 cm³/mol. The summed E-state index contributed by atoms with van der Waals surface area (Å²) in [6.07, 6.45) is 1.06. The fraction of sp³-hybridized carbons (Fsp3) is 0.317.